The predicted molar refractivity (Wildman–Crippen MR) is 253 cm³/mol. The highest BCUT2D eigenvalue weighted by atomic mass is 15.2. The van der Waals surface area contributed by atoms with Crippen LogP contribution in [0.5, 0.6) is 0 Å². The Hall–Kier alpha value is -8.48. The van der Waals surface area contributed by atoms with Gasteiger partial charge < -0.3 is 4.57 Å². The van der Waals surface area contributed by atoms with Crippen LogP contribution in [0.15, 0.2) is 219 Å². The van der Waals surface area contributed by atoms with Crippen molar-refractivity contribution in [1.29, 1.82) is 0 Å². The summed E-state index contributed by atoms with van der Waals surface area (Å²) in [5.74, 6) is 1.69. The summed E-state index contributed by atoms with van der Waals surface area (Å²) in [5.41, 5.74) is 13.4. The summed E-state index contributed by atoms with van der Waals surface area (Å²) in [7, 11) is 0. The number of para-hydroxylation sites is 4. The molecule has 0 amide bonds. The van der Waals surface area contributed by atoms with Gasteiger partial charge in [-0.05, 0) is 71.3 Å². The highest BCUT2D eigenvalue weighted by Gasteiger charge is 2.22. The maximum absolute atomic E-state index is 5.41. The molecule has 0 aliphatic rings. The fourth-order valence-corrected chi connectivity index (χ4v) is 9.05. The van der Waals surface area contributed by atoms with E-state index in [1.165, 1.54) is 16.3 Å². The van der Waals surface area contributed by atoms with Crippen molar-refractivity contribution in [3.63, 3.8) is 0 Å². The summed E-state index contributed by atoms with van der Waals surface area (Å²) >= 11 is 0. The van der Waals surface area contributed by atoms with Crippen LogP contribution in [0.1, 0.15) is 0 Å². The number of pyridine rings is 1. The van der Waals surface area contributed by atoms with Crippen molar-refractivity contribution in [2.45, 2.75) is 0 Å². The first-order valence-corrected chi connectivity index (χ1v) is 20.8. The average Bonchev–Trinajstić information content (AvgIpc) is 3.88. The van der Waals surface area contributed by atoms with Crippen molar-refractivity contribution in [1.82, 2.24) is 29.1 Å². The number of benzene rings is 8. The molecule has 290 valence electrons. The minimum absolute atomic E-state index is 0.539. The monoisotopic (exact) mass is 792 g/mol. The van der Waals surface area contributed by atoms with Gasteiger partial charge in [0.1, 0.15) is 0 Å². The number of nitrogens with zero attached hydrogens (tertiary/aromatic N) is 6. The van der Waals surface area contributed by atoms with E-state index >= 15 is 0 Å². The van der Waals surface area contributed by atoms with Gasteiger partial charge >= 0.3 is 0 Å². The van der Waals surface area contributed by atoms with E-state index in [1.807, 2.05) is 36.5 Å². The van der Waals surface area contributed by atoms with Gasteiger partial charge in [0.25, 0.3) is 0 Å². The Morgan fingerprint density at radius 1 is 0.323 bits per heavy atom. The lowest BCUT2D eigenvalue weighted by Crippen LogP contribution is -2.07. The molecule has 0 N–H and O–H groups in total. The Labute approximate surface area is 357 Å². The highest BCUT2D eigenvalue weighted by Crippen LogP contribution is 2.41. The molecule has 0 saturated heterocycles. The number of aromatic nitrogens is 6. The number of rotatable bonds is 7. The van der Waals surface area contributed by atoms with Crippen LogP contribution in [0.4, 0.5) is 0 Å². The Balaban J connectivity index is 1.11. The Morgan fingerprint density at radius 3 is 1.56 bits per heavy atom. The summed E-state index contributed by atoms with van der Waals surface area (Å²) in [5, 5.41) is 4.65. The van der Waals surface area contributed by atoms with Crippen LogP contribution < -0.4 is 0 Å². The van der Waals surface area contributed by atoms with Crippen LogP contribution in [-0.2, 0) is 0 Å². The molecule has 4 heterocycles. The molecule has 0 unspecified atom stereocenters. The molecule has 0 spiro atoms. The maximum Gasteiger partial charge on any atom is 0.238 e. The summed E-state index contributed by atoms with van der Waals surface area (Å²) in [4.78, 5) is 20.8. The fourth-order valence-electron chi connectivity index (χ4n) is 9.05. The third-order valence-electron chi connectivity index (χ3n) is 11.8. The van der Waals surface area contributed by atoms with E-state index in [-0.39, 0.29) is 0 Å². The van der Waals surface area contributed by atoms with Crippen LogP contribution in [0.2, 0.25) is 0 Å². The zero-order chi connectivity index (χ0) is 41.0. The summed E-state index contributed by atoms with van der Waals surface area (Å²) in [6.07, 6.45) is 1.85. The van der Waals surface area contributed by atoms with Gasteiger partial charge in [-0.1, -0.05) is 158 Å². The SMILES string of the molecule is c1ccc(-c2cccc(-c3cccc4c5ccccc5n(-c5nc(-c6ccccc6)nc(-c6ccc(-n7c8ccccc8c8ccccc87)c(-c7ccccn7)c6)n5)c34)c2)cc1. The lowest BCUT2D eigenvalue weighted by molar-refractivity contribution is 0.953. The zero-order valence-electron chi connectivity index (χ0n) is 33.5. The van der Waals surface area contributed by atoms with Crippen molar-refractivity contribution < 1.29 is 0 Å². The van der Waals surface area contributed by atoms with E-state index in [2.05, 4.69) is 191 Å². The lowest BCUT2D eigenvalue weighted by Gasteiger charge is -2.16. The van der Waals surface area contributed by atoms with E-state index in [9.17, 15) is 0 Å². The lowest BCUT2D eigenvalue weighted by atomic mass is 9.97. The van der Waals surface area contributed by atoms with Crippen LogP contribution in [0.25, 0.3) is 112 Å². The van der Waals surface area contributed by atoms with Gasteiger partial charge in [0.2, 0.25) is 5.95 Å². The van der Waals surface area contributed by atoms with E-state index < -0.39 is 0 Å². The molecule has 8 aromatic carbocycles. The fraction of sp³-hybridized carbons (Fsp3) is 0. The maximum atomic E-state index is 5.41. The van der Waals surface area contributed by atoms with Crippen molar-refractivity contribution in [3.8, 4) is 67.9 Å². The van der Waals surface area contributed by atoms with Crippen LogP contribution >= 0.6 is 0 Å². The Morgan fingerprint density at radius 2 is 0.871 bits per heavy atom. The van der Waals surface area contributed by atoms with Gasteiger partial charge in [-0.3, -0.25) is 9.55 Å². The largest absolute Gasteiger partial charge is 0.309 e. The molecule has 0 radical (unpaired) electrons. The van der Waals surface area contributed by atoms with Gasteiger partial charge in [-0.25, -0.2) is 4.98 Å². The Kier molecular flexibility index (Phi) is 8.38. The quantitative estimate of drug-likeness (QED) is 0.161. The summed E-state index contributed by atoms with van der Waals surface area (Å²) < 4.78 is 4.57. The van der Waals surface area contributed by atoms with Gasteiger partial charge in [0, 0.05) is 50.0 Å². The normalized spacial score (nSPS) is 11.5. The molecule has 0 saturated carbocycles. The molecule has 4 aromatic heterocycles. The first kappa shape index (κ1) is 35.5. The van der Waals surface area contributed by atoms with E-state index in [4.69, 9.17) is 19.9 Å². The standard InChI is InChI=1S/C56H36N6/c1-3-17-37(18-4-1)39-21-15-22-40(35-39)42-26-16-27-46-45-25-9-12-31-51(45)62(53(42)46)56-59-54(38-19-5-2-6-20-38)58-55(60-56)41-32-33-52(47(36-41)48-28-13-14-34-57-48)61-49-29-10-7-23-43(49)44-24-8-11-30-50(44)61/h1-36H. The van der Waals surface area contributed by atoms with Gasteiger partial charge in [-0.15, -0.1) is 0 Å². The van der Waals surface area contributed by atoms with Crippen LogP contribution in [0.3, 0.4) is 0 Å². The van der Waals surface area contributed by atoms with E-state index in [0.29, 0.717) is 17.6 Å². The third kappa shape index (κ3) is 5.88. The first-order chi connectivity index (χ1) is 30.8. The number of hydrogen-bond donors (Lipinski definition) is 0. The van der Waals surface area contributed by atoms with Gasteiger partial charge in [0.05, 0.1) is 33.4 Å². The summed E-state index contributed by atoms with van der Waals surface area (Å²) in [6, 6.07) is 74.3. The molecule has 0 aliphatic carbocycles. The molecule has 62 heavy (non-hydrogen) atoms. The molecule has 0 atom stereocenters. The van der Waals surface area contributed by atoms with E-state index in [1.54, 1.807) is 0 Å². The van der Waals surface area contributed by atoms with Gasteiger partial charge in [-0.2, -0.15) is 9.97 Å². The van der Waals surface area contributed by atoms with Crippen LogP contribution in [-0.4, -0.2) is 29.1 Å². The average molecular weight is 793 g/mol. The molecule has 0 bridgehead atoms. The molecule has 12 rings (SSSR count). The molecule has 0 fully saturated rings. The third-order valence-corrected chi connectivity index (χ3v) is 11.8. The second-order valence-corrected chi connectivity index (χ2v) is 15.5. The van der Waals surface area contributed by atoms with Crippen molar-refractivity contribution >= 4 is 43.6 Å². The van der Waals surface area contributed by atoms with Crippen molar-refractivity contribution in [2.75, 3.05) is 0 Å². The van der Waals surface area contributed by atoms with Gasteiger partial charge in [0.15, 0.2) is 11.6 Å². The topological polar surface area (TPSA) is 61.4 Å². The molecular weight excluding hydrogens is 757 g/mol. The molecule has 12 aromatic rings. The van der Waals surface area contributed by atoms with Crippen LogP contribution in [0, 0.1) is 0 Å². The second-order valence-electron chi connectivity index (χ2n) is 15.5. The zero-order valence-corrected chi connectivity index (χ0v) is 33.5. The highest BCUT2D eigenvalue weighted by molar-refractivity contribution is 6.14. The minimum Gasteiger partial charge on any atom is -0.309 e. The first-order valence-electron chi connectivity index (χ1n) is 20.8. The second kappa shape index (κ2) is 14.7. The predicted octanol–water partition coefficient (Wildman–Crippen LogP) is 13.8. The summed E-state index contributed by atoms with van der Waals surface area (Å²) in [6.45, 7) is 0. The molecule has 6 nitrogen and oxygen atoms in total. The molecular formula is C56H36N6. The van der Waals surface area contributed by atoms with Crippen molar-refractivity contribution in [2.24, 2.45) is 0 Å². The van der Waals surface area contributed by atoms with E-state index in [0.717, 1.165) is 77.6 Å². The Bertz CT molecular complexity index is 3570. The smallest absolute Gasteiger partial charge is 0.238 e. The van der Waals surface area contributed by atoms with Crippen molar-refractivity contribution in [3.05, 3.63) is 219 Å². The number of fused-ring (bicyclic) bond motifs is 6. The minimum atomic E-state index is 0.539. The number of hydrogen-bond acceptors (Lipinski definition) is 4. The molecule has 0 aliphatic heterocycles. The molecule has 6 heteroatoms.